The smallest absolute Gasteiger partial charge is 0.187 e. The summed E-state index contributed by atoms with van der Waals surface area (Å²) in [6.45, 7) is 5.29. The zero-order chi connectivity index (χ0) is 18.1. The zero-order valence-electron chi connectivity index (χ0n) is 14.8. The van der Waals surface area contributed by atoms with E-state index in [1.165, 1.54) is 12.8 Å². The van der Waals surface area contributed by atoms with E-state index in [-0.39, 0.29) is 5.78 Å². The minimum atomic E-state index is -0.604. The number of aryl methyl sites for hydroxylation is 1. The van der Waals surface area contributed by atoms with E-state index in [9.17, 15) is 4.79 Å². The molecule has 0 spiro atoms. The molecule has 2 aliphatic rings. The molecule has 2 heterocycles. The van der Waals surface area contributed by atoms with Crippen LogP contribution in [0.4, 0.5) is 0 Å². The van der Waals surface area contributed by atoms with Gasteiger partial charge in [0.05, 0.1) is 5.56 Å². The van der Waals surface area contributed by atoms with Gasteiger partial charge in [-0.25, -0.2) is 0 Å². The number of carbonyl (C=O) groups excluding carboxylic acids is 1. The molecule has 4 rings (SSSR count). The minimum absolute atomic E-state index is 0.181. The van der Waals surface area contributed by atoms with Gasteiger partial charge in [0.15, 0.2) is 5.78 Å². The van der Waals surface area contributed by atoms with Crippen LogP contribution in [-0.2, 0) is 0 Å². The van der Waals surface area contributed by atoms with Gasteiger partial charge in [0, 0.05) is 15.9 Å². The van der Waals surface area contributed by atoms with Gasteiger partial charge in [-0.2, -0.15) is 0 Å². The standard InChI is InChI=1S/C21H22BrNO2S/c1-15-11-19-17(12-18(15)22)20(24)21(14-25-19,13-23-9-5-6-10-23)26-16-7-3-2-4-8-16/h2-4,7-8,11-12H,5-6,9-10,13-14H2,1H3/t21-/m1/s1. The molecule has 0 saturated carbocycles. The monoisotopic (exact) mass is 431 g/mol. The topological polar surface area (TPSA) is 29.5 Å². The lowest BCUT2D eigenvalue weighted by Gasteiger charge is -2.38. The number of carbonyl (C=O) groups is 1. The second-order valence-electron chi connectivity index (χ2n) is 7.11. The van der Waals surface area contributed by atoms with Crippen molar-refractivity contribution in [3.8, 4) is 5.75 Å². The predicted molar refractivity (Wildman–Crippen MR) is 109 cm³/mol. The Labute approximate surface area is 167 Å². The molecule has 0 radical (unpaired) electrons. The molecule has 0 N–H and O–H groups in total. The first kappa shape index (κ1) is 18.1. The van der Waals surface area contributed by atoms with Gasteiger partial charge < -0.3 is 9.64 Å². The number of thioether (sulfide) groups is 1. The van der Waals surface area contributed by atoms with Crippen LogP contribution < -0.4 is 4.74 Å². The van der Waals surface area contributed by atoms with Crippen LogP contribution in [0.25, 0.3) is 0 Å². The van der Waals surface area contributed by atoms with E-state index in [4.69, 9.17) is 4.74 Å². The Morgan fingerprint density at radius 3 is 2.65 bits per heavy atom. The molecule has 1 atom stereocenters. The Kier molecular flexibility index (Phi) is 5.13. The van der Waals surface area contributed by atoms with Crippen LogP contribution in [0.5, 0.6) is 5.75 Å². The Bertz CT molecular complexity index is 820. The first-order chi connectivity index (χ1) is 12.6. The highest BCUT2D eigenvalue weighted by atomic mass is 79.9. The van der Waals surface area contributed by atoms with Gasteiger partial charge in [0.25, 0.3) is 0 Å². The molecular formula is C21H22BrNO2S. The average molecular weight is 432 g/mol. The maximum absolute atomic E-state index is 13.6. The van der Waals surface area contributed by atoms with E-state index in [2.05, 4.69) is 33.0 Å². The third-order valence-electron chi connectivity index (χ3n) is 5.11. The summed E-state index contributed by atoms with van der Waals surface area (Å²) in [5.41, 5.74) is 1.77. The number of rotatable bonds is 4. The Hall–Kier alpha value is -1.30. The van der Waals surface area contributed by atoms with Crippen molar-refractivity contribution in [1.29, 1.82) is 0 Å². The summed E-state index contributed by atoms with van der Waals surface area (Å²) in [7, 11) is 0. The molecule has 2 aromatic carbocycles. The van der Waals surface area contributed by atoms with Crippen molar-refractivity contribution in [2.24, 2.45) is 0 Å². The lowest BCUT2D eigenvalue weighted by atomic mass is 9.92. The number of hydrogen-bond acceptors (Lipinski definition) is 4. The summed E-state index contributed by atoms with van der Waals surface area (Å²) in [4.78, 5) is 17.2. The third kappa shape index (κ3) is 3.45. The Balaban J connectivity index is 1.72. The SMILES string of the molecule is Cc1cc2c(cc1Br)C(=O)[C@](CN1CCCC1)(Sc1ccccc1)CO2. The van der Waals surface area contributed by atoms with Gasteiger partial charge in [-0.1, -0.05) is 34.1 Å². The molecule has 2 aromatic rings. The summed E-state index contributed by atoms with van der Waals surface area (Å²) in [6, 6.07) is 14.1. The van der Waals surface area contributed by atoms with Gasteiger partial charge in [-0.05, 0) is 62.7 Å². The summed E-state index contributed by atoms with van der Waals surface area (Å²) in [5, 5.41) is 0. The van der Waals surface area contributed by atoms with E-state index in [0.29, 0.717) is 17.9 Å². The van der Waals surface area contributed by atoms with Crippen LogP contribution in [0.2, 0.25) is 0 Å². The predicted octanol–water partition coefficient (Wildman–Crippen LogP) is 4.96. The van der Waals surface area contributed by atoms with E-state index in [1.807, 2.05) is 37.3 Å². The Morgan fingerprint density at radius 2 is 1.92 bits per heavy atom. The molecule has 0 aliphatic carbocycles. The number of benzene rings is 2. The third-order valence-corrected chi connectivity index (χ3v) is 7.30. The molecule has 0 amide bonds. The van der Waals surface area contributed by atoms with E-state index in [1.54, 1.807) is 11.8 Å². The maximum atomic E-state index is 13.6. The summed E-state index contributed by atoms with van der Waals surface area (Å²) in [6.07, 6.45) is 2.42. The molecule has 136 valence electrons. The van der Waals surface area contributed by atoms with Crippen molar-refractivity contribution < 1.29 is 9.53 Å². The minimum Gasteiger partial charge on any atom is -0.491 e. The summed E-state index contributed by atoms with van der Waals surface area (Å²) < 4.78 is 6.49. The quantitative estimate of drug-likeness (QED) is 0.683. The average Bonchev–Trinajstić information content (AvgIpc) is 3.14. The largest absolute Gasteiger partial charge is 0.491 e. The summed E-state index contributed by atoms with van der Waals surface area (Å²) >= 11 is 5.22. The van der Waals surface area contributed by atoms with Crippen LogP contribution >= 0.6 is 27.7 Å². The van der Waals surface area contributed by atoms with Crippen molar-refractivity contribution in [1.82, 2.24) is 4.90 Å². The van der Waals surface area contributed by atoms with Crippen LogP contribution in [0.1, 0.15) is 28.8 Å². The first-order valence-corrected chi connectivity index (χ1v) is 10.6. The molecule has 0 aromatic heterocycles. The number of likely N-dealkylation sites (tertiary alicyclic amines) is 1. The van der Waals surface area contributed by atoms with Gasteiger partial charge in [0.1, 0.15) is 17.1 Å². The van der Waals surface area contributed by atoms with Crippen molar-refractivity contribution in [2.75, 3.05) is 26.2 Å². The molecule has 3 nitrogen and oxygen atoms in total. The molecule has 0 bridgehead atoms. The summed E-state index contributed by atoms with van der Waals surface area (Å²) in [5.74, 6) is 0.890. The molecule has 1 saturated heterocycles. The first-order valence-electron chi connectivity index (χ1n) is 9.02. The lowest BCUT2D eigenvalue weighted by Crippen LogP contribution is -2.52. The number of hydrogen-bond donors (Lipinski definition) is 0. The Morgan fingerprint density at radius 1 is 1.19 bits per heavy atom. The van der Waals surface area contributed by atoms with Gasteiger partial charge in [-0.15, -0.1) is 11.8 Å². The van der Waals surface area contributed by atoms with E-state index in [0.717, 1.165) is 34.6 Å². The van der Waals surface area contributed by atoms with Crippen LogP contribution in [-0.4, -0.2) is 41.7 Å². The van der Waals surface area contributed by atoms with Crippen molar-refractivity contribution >= 4 is 33.5 Å². The van der Waals surface area contributed by atoms with Crippen molar-refractivity contribution in [3.63, 3.8) is 0 Å². The molecule has 0 unspecified atom stereocenters. The lowest BCUT2D eigenvalue weighted by molar-refractivity contribution is 0.0832. The maximum Gasteiger partial charge on any atom is 0.187 e. The number of halogens is 1. The number of fused-ring (bicyclic) bond motifs is 1. The fraction of sp³-hybridized carbons (Fsp3) is 0.381. The fourth-order valence-electron chi connectivity index (χ4n) is 3.70. The van der Waals surface area contributed by atoms with Crippen LogP contribution in [0, 0.1) is 6.92 Å². The second-order valence-corrected chi connectivity index (χ2v) is 9.42. The highest BCUT2D eigenvalue weighted by Crippen LogP contribution is 2.43. The van der Waals surface area contributed by atoms with Crippen molar-refractivity contribution in [3.05, 3.63) is 58.1 Å². The molecule has 1 fully saturated rings. The molecular weight excluding hydrogens is 410 g/mol. The molecule has 5 heteroatoms. The van der Waals surface area contributed by atoms with E-state index < -0.39 is 4.75 Å². The molecule has 26 heavy (non-hydrogen) atoms. The number of nitrogens with zero attached hydrogens (tertiary/aromatic N) is 1. The number of ether oxygens (including phenoxy) is 1. The highest BCUT2D eigenvalue weighted by Gasteiger charge is 2.47. The normalized spacial score (nSPS) is 22.9. The van der Waals surface area contributed by atoms with Crippen LogP contribution in [0.15, 0.2) is 51.8 Å². The number of Topliss-reactive ketones (excluding diaryl/α,β-unsaturated/α-hetero) is 1. The van der Waals surface area contributed by atoms with Crippen molar-refractivity contribution in [2.45, 2.75) is 29.4 Å². The molecule has 2 aliphatic heterocycles. The van der Waals surface area contributed by atoms with E-state index >= 15 is 0 Å². The number of ketones is 1. The van der Waals surface area contributed by atoms with Gasteiger partial charge in [-0.3, -0.25) is 4.79 Å². The van der Waals surface area contributed by atoms with Crippen LogP contribution in [0.3, 0.4) is 0 Å². The second kappa shape index (κ2) is 7.37. The van der Waals surface area contributed by atoms with Gasteiger partial charge in [0.2, 0.25) is 0 Å². The van der Waals surface area contributed by atoms with Gasteiger partial charge >= 0.3 is 0 Å². The fourth-order valence-corrected chi connectivity index (χ4v) is 5.35. The highest BCUT2D eigenvalue weighted by molar-refractivity contribution is 9.10. The zero-order valence-corrected chi connectivity index (χ0v) is 17.2.